The topological polar surface area (TPSA) is 46.5 Å². The first kappa shape index (κ1) is 13.1. The van der Waals surface area contributed by atoms with E-state index in [1.807, 2.05) is 0 Å². The second-order valence-corrected chi connectivity index (χ2v) is 3.54. The largest absolute Gasteiger partial charge is 0.327 e. The Morgan fingerprint density at radius 2 is 2.00 bits per heavy atom. The first-order valence-corrected chi connectivity index (χ1v) is 4.35. The van der Waals surface area contributed by atoms with Gasteiger partial charge >= 0.3 is 7.60 Å². The van der Waals surface area contributed by atoms with E-state index in [1.165, 1.54) is 0 Å². The van der Waals surface area contributed by atoms with Gasteiger partial charge in [0.15, 0.2) is 0 Å². The van der Waals surface area contributed by atoms with Crippen molar-refractivity contribution in [3.8, 4) is 0 Å². The van der Waals surface area contributed by atoms with Crippen LogP contribution in [0.1, 0.15) is 13.8 Å². The summed E-state index contributed by atoms with van der Waals surface area (Å²) in [5.74, 6) is 0. The molecule has 1 atom stereocenters. The van der Waals surface area contributed by atoms with Crippen molar-refractivity contribution in [2.75, 3.05) is 12.8 Å². The Hall–Kier alpha value is 1.47. The maximum absolute atomic E-state index is 10.5. The van der Waals surface area contributed by atoms with Gasteiger partial charge in [-0.1, -0.05) is 6.92 Å². The van der Waals surface area contributed by atoms with Crippen LogP contribution in [0.25, 0.3) is 0 Å². The minimum atomic E-state index is -3.17. The molecule has 0 fully saturated rings. The zero-order valence-corrected chi connectivity index (χ0v) is 10.6. The van der Waals surface area contributed by atoms with Crippen molar-refractivity contribution in [2.24, 2.45) is 0 Å². The van der Waals surface area contributed by atoms with E-state index in [-0.39, 0.29) is 46.1 Å². The van der Waals surface area contributed by atoms with Crippen LogP contribution in [0.3, 0.4) is 0 Å². The van der Waals surface area contributed by atoms with Gasteiger partial charge in [-0.3, -0.25) is 4.57 Å². The molecule has 0 aromatic carbocycles. The molecular weight excluding hydrogens is 359 g/mol. The predicted octanol–water partition coefficient (Wildman–Crippen LogP) is 1.23. The molecule has 0 aliphatic rings. The van der Waals surface area contributed by atoms with E-state index in [1.54, 1.807) is 13.8 Å². The molecule has 1 unspecified atom stereocenters. The van der Waals surface area contributed by atoms with Gasteiger partial charge in [0.05, 0.1) is 6.61 Å². The normalized spacial score (nSPS) is 15.9. The van der Waals surface area contributed by atoms with Crippen LogP contribution in [0.4, 0.5) is 0 Å². The smallest absolute Gasteiger partial charge is 0.324 e. The van der Waals surface area contributed by atoms with Crippen LogP contribution in [-0.4, -0.2) is 17.7 Å². The molecule has 0 bridgehead atoms. The average Bonchev–Trinajstić information content (AvgIpc) is 1.67. The fraction of sp³-hybridized carbons (Fsp3) is 1.00. The summed E-state index contributed by atoms with van der Waals surface area (Å²) < 4.78 is 15.0. The second-order valence-electron chi connectivity index (χ2n) is 1.37. The van der Waals surface area contributed by atoms with E-state index in [0.717, 1.165) is 0 Å². The van der Waals surface area contributed by atoms with Gasteiger partial charge in [-0.25, -0.2) is 0 Å². The third-order valence-corrected chi connectivity index (χ3v) is 2.19. The number of hydrogen-bond acceptors (Lipinski definition) is 2. The molecule has 0 saturated carbocycles. The summed E-state index contributed by atoms with van der Waals surface area (Å²) in [6, 6.07) is 0. The Morgan fingerprint density at radius 1 is 1.56 bits per heavy atom. The average molecular weight is 370 g/mol. The monoisotopic (exact) mass is 370 g/mol. The SMILES string of the molecule is CCOP(=O)(O)CC.[Th]. The third-order valence-electron chi connectivity index (χ3n) is 0.730. The van der Waals surface area contributed by atoms with Crippen LogP contribution in [0.5, 0.6) is 0 Å². The maximum Gasteiger partial charge on any atom is 0.327 e. The van der Waals surface area contributed by atoms with E-state index < -0.39 is 7.60 Å². The van der Waals surface area contributed by atoms with Crippen molar-refractivity contribution in [1.82, 2.24) is 0 Å². The van der Waals surface area contributed by atoms with E-state index in [9.17, 15) is 4.57 Å². The van der Waals surface area contributed by atoms with Crippen molar-refractivity contribution in [2.45, 2.75) is 13.8 Å². The number of rotatable bonds is 3. The Morgan fingerprint density at radius 3 is 2.11 bits per heavy atom. The molecule has 0 rings (SSSR count). The Balaban J connectivity index is 0. The molecule has 0 radical (unpaired) electrons. The summed E-state index contributed by atoms with van der Waals surface area (Å²) in [6.45, 7) is 3.62. The van der Waals surface area contributed by atoms with E-state index in [4.69, 9.17) is 4.89 Å². The molecule has 0 saturated heterocycles. The summed E-state index contributed by atoms with van der Waals surface area (Å²) in [5, 5.41) is 0. The summed E-state index contributed by atoms with van der Waals surface area (Å²) >= 11 is 0. The molecule has 0 amide bonds. The van der Waals surface area contributed by atoms with E-state index >= 15 is 0 Å². The van der Waals surface area contributed by atoms with Crippen LogP contribution in [0.15, 0.2) is 0 Å². The van der Waals surface area contributed by atoms with Gasteiger partial charge in [-0.2, -0.15) is 0 Å². The minimum Gasteiger partial charge on any atom is -0.324 e. The molecule has 0 heterocycles. The Bertz CT molecular complexity index is 106. The van der Waals surface area contributed by atoms with Gasteiger partial charge in [0, 0.05) is 46.1 Å². The summed E-state index contributed by atoms with van der Waals surface area (Å²) in [5.41, 5.74) is 0. The molecule has 54 valence electrons. The first-order valence-electron chi connectivity index (χ1n) is 2.58. The fourth-order valence-corrected chi connectivity index (χ4v) is 0.879. The third kappa shape index (κ3) is 7.37. The van der Waals surface area contributed by atoms with Gasteiger partial charge < -0.3 is 9.42 Å². The molecule has 0 aliphatic heterocycles. The first-order chi connectivity index (χ1) is 3.62. The van der Waals surface area contributed by atoms with Gasteiger partial charge in [0.25, 0.3) is 0 Å². The van der Waals surface area contributed by atoms with Crippen molar-refractivity contribution in [3.63, 3.8) is 0 Å². The number of hydrogen-bond donors (Lipinski definition) is 1. The molecule has 0 aliphatic carbocycles. The molecule has 1 N–H and O–H groups in total. The predicted molar refractivity (Wildman–Crippen MR) is 32.0 cm³/mol. The van der Waals surface area contributed by atoms with Gasteiger partial charge in [-0.15, -0.1) is 0 Å². The Kier molecular flexibility index (Phi) is 9.02. The van der Waals surface area contributed by atoms with Crippen molar-refractivity contribution in [3.05, 3.63) is 0 Å². The quantitative estimate of drug-likeness (QED) is 0.761. The molecule has 0 aromatic rings. The van der Waals surface area contributed by atoms with Crippen molar-refractivity contribution >= 4 is 7.60 Å². The molecule has 0 spiro atoms. The zero-order chi connectivity index (χ0) is 6.62. The molecule has 9 heavy (non-hydrogen) atoms. The summed E-state index contributed by atoms with van der Waals surface area (Å²) in [7, 11) is -3.17. The minimum absolute atomic E-state index is 0. The van der Waals surface area contributed by atoms with Crippen LogP contribution in [-0.2, 0) is 9.09 Å². The van der Waals surface area contributed by atoms with Crippen LogP contribution in [0.2, 0.25) is 0 Å². The van der Waals surface area contributed by atoms with Gasteiger partial charge in [0.2, 0.25) is 0 Å². The van der Waals surface area contributed by atoms with Gasteiger partial charge in [-0.05, 0) is 6.92 Å². The fourth-order valence-electron chi connectivity index (χ4n) is 0.293. The summed E-state index contributed by atoms with van der Waals surface area (Å²) in [4.78, 5) is 8.66. The maximum atomic E-state index is 10.5. The van der Waals surface area contributed by atoms with Crippen LogP contribution >= 0.6 is 7.60 Å². The molecule has 3 nitrogen and oxygen atoms in total. The van der Waals surface area contributed by atoms with Crippen molar-refractivity contribution < 1.29 is 53.9 Å². The van der Waals surface area contributed by atoms with E-state index in [0.29, 0.717) is 6.61 Å². The molecular formula is C4H11O3PTh. The zero-order valence-electron chi connectivity index (χ0n) is 5.63. The van der Waals surface area contributed by atoms with Crippen LogP contribution < -0.4 is 0 Å². The Labute approximate surface area is 87.4 Å². The van der Waals surface area contributed by atoms with Crippen molar-refractivity contribution in [1.29, 1.82) is 0 Å². The molecule has 0 aromatic heterocycles. The van der Waals surface area contributed by atoms with Crippen LogP contribution in [0, 0.1) is 39.9 Å². The molecule has 5 heteroatoms. The standard InChI is InChI=1S/C4H11O3P.Th/c1-3-7-8(5,6)4-2;/h3-4H2,1-2H3,(H,5,6);. The van der Waals surface area contributed by atoms with E-state index in [2.05, 4.69) is 4.52 Å². The summed E-state index contributed by atoms with van der Waals surface area (Å²) in [6.07, 6.45) is 0.195. The second kappa shape index (κ2) is 6.20. The van der Waals surface area contributed by atoms with Gasteiger partial charge in [0.1, 0.15) is 0 Å².